The van der Waals surface area contributed by atoms with E-state index in [1.807, 2.05) is 0 Å². The maximum atomic E-state index is 9.34. The van der Waals surface area contributed by atoms with Crippen molar-refractivity contribution in [3.05, 3.63) is 35.4 Å². The zero-order valence-corrected chi connectivity index (χ0v) is 10.7. The second-order valence-electron chi connectivity index (χ2n) is 5.00. The van der Waals surface area contributed by atoms with Gasteiger partial charge in [-0.3, -0.25) is 0 Å². The normalized spacial score (nSPS) is 23.4. The van der Waals surface area contributed by atoms with Crippen molar-refractivity contribution >= 4 is 0 Å². The fourth-order valence-electron chi connectivity index (χ4n) is 2.71. The fraction of sp³-hybridized carbons (Fsp3) is 0.600. The first-order valence-electron chi connectivity index (χ1n) is 6.80. The van der Waals surface area contributed by atoms with E-state index in [2.05, 4.69) is 36.5 Å². The minimum atomic E-state index is 0.233. The Hall–Kier alpha value is -0.860. The molecule has 17 heavy (non-hydrogen) atoms. The first-order valence-corrected chi connectivity index (χ1v) is 6.80. The van der Waals surface area contributed by atoms with Crippen LogP contribution in [0.25, 0.3) is 0 Å². The number of aliphatic hydroxyl groups is 1. The molecule has 1 aliphatic rings. The van der Waals surface area contributed by atoms with Gasteiger partial charge in [0.25, 0.3) is 0 Å². The molecule has 1 aromatic rings. The Morgan fingerprint density at radius 1 is 1.29 bits per heavy atom. The quantitative estimate of drug-likeness (QED) is 0.766. The Kier molecular flexibility index (Phi) is 4.57. The molecule has 0 saturated heterocycles. The number of benzene rings is 1. The third-order valence-corrected chi connectivity index (χ3v) is 3.65. The van der Waals surface area contributed by atoms with Crippen molar-refractivity contribution in [1.82, 2.24) is 5.32 Å². The highest BCUT2D eigenvalue weighted by atomic mass is 16.3. The van der Waals surface area contributed by atoms with Gasteiger partial charge in [-0.1, -0.05) is 50.5 Å². The molecule has 0 spiro atoms. The molecule has 1 aromatic carbocycles. The summed E-state index contributed by atoms with van der Waals surface area (Å²) in [5.74, 6) is 0. The van der Waals surface area contributed by atoms with Crippen molar-refractivity contribution in [2.45, 2.75) is 51.1 Å². The number of hydrogen-bond donors (Lipinski definition) is 2. The van der Waals surface area contributed by atoms with Crippen molar-refractivity contribution in [3.8, 4) is 0 Å². The molecular formula is C15H23NO. The van der Waals surface area contributed by atoms with E-state index in [4.69, 9.17) is 0 Å². The predicted octanol–water partition coefficient (Wildman–Crippen LogP) is 2.81. The molecule has 1 heterocycles. The minimum absolute atomic E-state index is 0.233. The van der Waals surface area contributed by atoms with Crippen LogP contribution in [0.1, 0.15) is 49.8 Å². The van der Waals surface area contributed by atoms with Crippen molar-refractivity contribution in [2.24, 2.45) is 0 Å². The van der Waals surface area contributed by atoms with Crippen LogP contribution >= 0.6 is 0 Å². The average Bonchev–Trinajstić information content (AvgIpc) is 2.38. The second kappa shape index (κ2) is 6.18. The molecule has 0 aliphatic carbocycles. The van der Waals surface area contributed by atoms with E-state index in [1.165, 1.54) is 36.8 Å². The number of fused-ring (bicyclic) bond motifs is 1. The molecule has 0 saturated carbocycles. The molecule has 2 heteroatoms. The molecule has 2 atom stereocenters. The van der Waals surface area contributed by atoms with Crippen molar-refractivity contribution in [2.75, 3.05) is 6.61 Å². The Labute approximate surface area is 104 Å². The Balaban J connectivity index is 2.09. The van der Waals surface area contributed by atoms with E-state index < -0.39 is 0 Å². The van der Waals surface area contributed by atoms with Crippen LogP contribution in [0.15, 0.2) is 24.3 Å². The molecule has 0 fully saturated rings. The number of unbranched alkanes of at least 4 members (excludes halogenated alkanes) is 2. The van der Waals surface area contributed by atoms with Gasteiger partial charge in [-0.15, -0.1) is 0 Å². The van der Waals surface area contributed by atoms with E-state index in [0.717, 1.165) is 6.42 Å². The van der Waals surface area contributed by atoms with Gasteiger partial charge in [0.15, 0.2) is 0 Å². The molecule has 2 nitrogen and oxygen atoms in total. The second-order valence-corrected chi connectivity index (χ2v) is 5.00. The third kappa shape index (κ3) is 3.08. The lowest BCUT2D eigenvalue weighted by Gasteiger charge is -2.32. The van der Waals surface area contributed by atoms with Crippen LogP contribution in [-0.4, -0.2) is 17.8 Å². The minimum Gasteiger partial charge on any atom is -0.395 e. The highest BCUT2D eigenvalue weighted by molar-refractivity contribution is 5.33. The van der Waals surface area contributed by atoms with Gasteiger partial charge in [0.05, 0.1) is 6.61 Å². The molecule has 1 aliphatic heterocycles. The highest BCUT2D eigenvalue weighted by Gasteiger charge is 2.24. The van der Waals surface area contributed by atoms with E-state index in [0.29, 0.717) is 6.04 Å². The van der Waals surface area contributed by atoms with Crippen LogP contribution in [-0.2, 0) is 6.42 Å². The van der Waals surface area contributed by atoms with Gasteiger partial charge in [-0.25, -0.2) is 0 Å². The molecule has 0 aromatic heterocycles. The summed E-state index contributed by atoms with van der Waals surface area (Å²) in [4.78, 5) is 0. The SMILES string of the molecule is CCCCC[C@H]1N[C@H](CO)Cc2ccccc21. The van der Waals surface area contributed by atoms with Crippen LogP contribution in [0, 0.1) is 0 Å². The summed E-state index contributed by atoms with van der Waals surface area (Å²) in [6.45, 7) is 2.47. The summed E-state index contributed by atoms with van der Waals surface area (Å²) in [6.07, 6.45) is 5.96. The van der Waals surface area contributed by atoms with Gasteiger partial charge in [0.2, 0.25) is 0 Å². The van der Waals surface area contributed by atoms with Crippen LogP contribution in [0.2, 0.25) is 0 Å². The molecular weight excluding hydrogens is 210 g/mol. The molecule has 2 rings (SSSR count). The van der Waals surface area contributed by atoms with E-state index in [-0.39, 0.29) is 12.6 Å². The lowest BCUT2D eigenvalue weighted by Crippen LogP contribution is -2.41. The zero-order chi connectivity index (χ0) is 12.1. The summed E-state index contributed by atoms with van der Waals surface area (Å²) in [6, 6.07) is 9.31. The summed E-state index contributed by atoms with van der Waals surface area (Å²) >= 11 is 0. The molecule has 2 N–H and O–H groups in total. The van der Waals surface area contributed by atoms with Crippen LogP contribution < -0.4 is 5.32 Å². The molecule has 0 unspecified atom stereocenters. The average molecular weight is 233 g/mol. The van der Waals surface area contributed by atoms with Crippen LogP contribution in [0.5, 0.6) is 0 Å². The van der Waals surface area contributed by atoms with Gasteiger partial charge in [0, 0.05) is 12.1 Å². The van der Waals surface area contributed by atoms with Crippen molar-refractivity contribution in [3.63, 3.8) is 0 Å². The predicted molar refractivity (Wildman–Crippen MR) is 71.0 cm³/mol. The highest BCUT2D eigenvalue weighted by Crippen LogP contribution is 2.28. The maximum Gasteiger partial charge on any atom is 0.0588 e. The number of nitrogens with one attached hydrogen (secondary N) is 1. The third-order valence-electron chi connectivity index (χ3n) is 3.65. The van der Waals surface area contributed by atoms with Gasteiger partial charge in [0.1, 0.15) is 0 Å². The van der Waals surface area contributed by atoms with E-state index in [1.54, 1.807) is 0 Å². The number of hydrogen-bond acceptors (Lipinski definition) is 2. The van der Waals surface area contributed by atoms with Gasteiger partial charge >= 0.3 is 0 Å². The van der Waals surface area contributed by atoms with Crippen LogP contribution in [0.3, 0.4) is 0 Å². The maximum absolute atomic E-state index is 9.34. The largest absolute Gasteiger partial charge is 0.395 e. The molecule has 94 valence electrons. The van der Waals surface area contributed by atoms with Gasteiger partial charge in [-0.05, 0) is 24.0 Å². The number of rotatable bonds is 5. The Morgan fingerprint density at radius 2 is 2.12 bits per heavy atom. The summed E-state index contributed by atoms with van der Waals surface area (Å²) in [5, 5.41) is 12.9. The summed E-state index contributed by atoms with van der Waals surface area (Å²) in [5.41, 5.74) is 2.85. The lowest BCUT2D eigenvalue weighted by molar-refractivity contribution is 0.219. The number of aliphatic hydroxyl groups excluding tert-OH is 1. The van der Waals surface area contributed by atoms with Crippen molar-refractivity contribution < 1.29 is 5.11 Å². The topological polar surface area (TPSA) is 32.3 Å². The molecule has 0 amide bonds. The zero-order valence-electron chi connectivity index (χ0n) is 10.7. The van der Waals surface area contributed by atoms with E-state index in [9.17, 15) is 5.11 Å². The van der Waals surface area contributed by atoms with Gasteiger partial charge < -0.3 is 10.4 Å². The standard InChI is InChI=1S/C15H23NO/c1-2-3-4-9-15-14-8-6-5-7-12(14)10-13(11-17)16-15/h5-8,13,15-17H,2-4,9-11H2,1H3/t13-,15+/m0/s1. The van der Waals surface area contributed by atoms with E-state index >= 15 is 0 Å². The van der Waals surface area contributed by atoms with Crippen molar-refractivity contribution in [1.29, 1.82) is 0 Å². The summed E-state index contributed by atoms with van der Waals surface area (Å²) in [7, 11) is 0. The monoisotopic (exact) mass is 233 g/mol. The first kappa shape index (κ1) is 12.6. The Morgan fingerprint density at radius 3 is 2.88 bits per heavy atom. The Bertz CT molecular complexity index is 351. The van der Waals surface area contributed by atoms with Crippen LogP contribution in [0.4, 0.5) is 0 Å². The molecule has 0 radical (unpaired) electrons. The smallest absolute Gasteiger partial charge is 0.0588 e. The lowest BCUT2D eigenvalue weighted by atomic mass is 9.88. The van der Waals surface area contributed by atoms with Gasteiger partial charge in [-0.2, -0.15) is 0 Å². The summed E-state index contributed by atoms with van der Waals surface area (Å²) < 4.78 is 0. The first-order chi connectivity index (χ1) is 8.35. The molecule has 0 bridgehead atoms. The fourth-order valence-corrected chi connectivity index (χ4v) is 2.71.